The van der Waals surface area contributed by atoms with Crippen LogP contribution in [-0.2, 0) is 16.1 Å². The molecular formula is C21H26N2O2. The second-order valence-electron chi connectivity index (χ2n) is 8.37. The van der Waals surface area contributed by atoms with Crippen molar-refractivity contribution in [2.24, 2.45) is 28.8 Å². The fourth-order valence-electron chi connectivity index (χ4n) is 5.85. The maximum Gasteiger partial charge on any atom is 0.267 e. The van der Waals surface area contributed by atoms with E-state index in [0.29, 0.717) is 11.8 Å². The number of rotatable bonds is 3. The lowest BCUT2D eigenvalue weighted by Crippen LogP contribution is -2.45. The summed E-state index contributed by atoms with van der Waals surface area (Å²) >= 11 is 0. The zero-order chi connectivity index (χ0) is 16.8. The fourth-order valence-corrected chi connectivity index (χ4v) is 5.85. The highest BCUT2D eigenvalue weighted by atomic mass is 16.6. The Hall–Kier alpha value is -1.84. The van der Waals surface area contributed by atoms with Crippen LogP contribution in [0.3, 0.4) is 0 Å². The van der Waals surface area contributed by atoms with E-state index in [1.165, 1.54) is 43.4 Å². The zero-order valence-corrected chi connectivity index (χ0v) is 14.7. The number of hydrogen-bond acceptors (Lipinski definition) is 3. The molecule has 1 aromatic rings. The predicted molar refractivity (Wildman–Crippen MR) is 97.5 cm³/mol. The van der Waals surface area contributed by atoms with Gasteiger partial charge in [-0.3, -0.25) is 4.79 Å². The van der Waals surface area contributed by atoms with Crippen molar-refractivity contribution in [2.75, 3.05) is 18.1 Å². The molecule has 0 unspecified atom stereocenters. The van der Waals surface area contributed by atoms with Gasteiger partial charge in [-0.2, -0.15) is 0 Å². The van der Waals surface area contributed by atoms with Gasteiger partial charge in [-0.15, -0.1) is 0 Å². The molecule has 4 bridgehead atoms. The van der Waals surface area contributed by atoms with E-state index < -0.39 is 0 Å². The van der Waals surface area contributed by atoms with Crippen molar-refractivity contribution in [1.82, 2.24) is 0 Å². The summed E-state index contributed by atoms with van der Waals surface area (Å²) in [5.41, 5.74) is 3.57. The Balaban J connectivity index is 1.24. The third kappa shape index (κ3) is 2.76. The summed E-state index contributed by atoms with van der Waals surface area (Å²) in [7, 11) is 0. The molecule has 6 rings (SSSR count). The zero-order valence-electron chi connectivity index (χ0n) is 14.7. The second kappa shape index (κ2) is 6.15. The number of benzene rings is 1. The molecule has 25 heavy (non-hydrogen) atoms. The van der Waals surface area contributed by atoms with Crippen LogP contribution < -0.4 is 4.90 Å². The normalized spacial score (nSPS) is 32.5. The summed E-state index contributed by atoms with van der Waals surface area (Å²) in [6.45, 7) is 0.842. The number of anilines is 1. The van der Waals surface area contributed by atoms with Gasteiger partial charge in [0.15, 0.2) is 6.61 Å². The topological polar surface area (TPSA) is 41.9 Å². The van der Waals surface area contributed by atoms with Crippen LogP contribution >= 0.6 is 0 Å². The first-order valence-electron chi connectivity index (χ1n) is 9.86. The summed E-state index contributed by atoms with van der Waals surface area (Å²) in [5, 5.41) is 4.48. The highest BCUT2D eigenvalue weighted by Crippen LogP contribution is 2.52. The van der Waals surface area contributed by atoms with Gasteiger partial charge >= 0.3 is 0 Å². The van der Waals surface area contributed by atoms with Crippen molar-refractivity contribution in [2.45, 2.75) is 44.9 Å². The smallest absolute Gasteiger partial charge is 0.267 e. The van der Waals surface area contributed by atoms with Crippen LogP contribution in [0.4, 0.5) is 5.69 Å². The Bertz CT molecular complexity index is 682. The van der Waals surface area contributed by atoms with Gasteiger partial charge in [0.05, 0.1) is 5.71 Å². The largest absolute Gasteiger partial charge is 0.386 e. The van der Waals surface area contributed by atoms with E-state index >= 15 is 0 Å². The lowest BCUT2D eigenvalue weighted by Gasteiger charge is -2.49. The van der Waals surface area contributed by atoms with Gasteiger partial charge in [-0.25, -0.2) is 0 Å². The summed E-state index contributed by atoms with van der Waals surface area (Å²) in [6, 6.07) is 8.20. The Morgan fingerprint density at radius 1 is 1.08 bits per heavy atom. The molecule has 0 aromatic heterocycles. The van der Waals surface area contributed by atoms with E-state index in [2.05, 4.69) is 11.2 Å². The minimum Gasteiger partial charge on any atom is -0.386 e. The van der Waals surface area contributed by atoms with Crippen LogP contribution in [0.2, 0.25) is 0 Å². The van der Waals surface area contributed by atoms with E-state index in [4.69, 9.17) is 4.84 Å². The number of fused-ring (bicyclic) bond motifs is 1. The first-order valence-corrected chi connectivity index (χ1v) is 9.86. The number of carbonyl (C=O) groups excluding carboxylic acids is 1. The van der Waals surface area contributed by atoms with Crippen molar-refractivity contribution in [3.8, 4) is 0 Å². The van der Waals surface area contributed by atoms with E-state index in [1.807, 2.05) is 23.1 Å². The Morgan fingerprint density at radius 2 is 1.80 bits per heavy atom. The molecule has 0 radical (unpaired) electrons. The Kier molecular flexibility index (Phi) is 3.79. The first kappa shape index (κ1) is 15.4. The number of nitrogens with zero attached hydrogens (tertiary/aromatic N) is 2. The number of oxime groups is 1. The molecule has 0 atom stereocenters. The van der Waals surface area contributed by atoms with Gasteiger partial charge in [-0.05, 0) is 68.4 Å². The number of carbonyl (C=O) groups is 1. The second-order valence-corrected chi connectivity index (χ2v) is 8.37. The molecule has 0 spiro atoms. The average Bonchev–Trinajstić information content (AvgIpc) is 2.63. The Morgan fingerprint density at radius 3 is 2.56 bits per heavy atom. The molecule has 4 nitrogen and oxygen atoms in total. The maximum atomic E-state index is 12.6. The van der Waals surface area contributed by atoms with E-state index in [9.17, 15) is 4.79 Å². The number of hydrogen-bond donors (Lipinski definition) is 0. The highest BCUT2D eigenvalue weighted by Gasteiger charge is 2.46. The van der Waals surface area contributed by atoms with Crippen LogP contribution in [0.25, 0.3) is 0 Å². The number of amides is 1. The molecule has 0 saturated heterocycles. The maximum absolute atomic E-state index is 12.6. The molecule has 5 aliphatic rings. The van der Waals surface area contributed by atoms with Gasteiger partial charge in [-0.1, -0.05) is 23.4 Å². The van der Waals surface area contributed by atoms with Gasteiger partial charge in [0.25, 0.3) is 5.91 Å². The van der Waals surface area contributed by atoms with Gasteiger partial charge in [0, 0.05) is 24.1 Å². The quantitative estimate of drug-likeness (QED) is 0.787. The van der Waals surface area contributed by atoms with Gasteiger partial charge < -0.3 is 9.74 Å². The minimum atomic E-state index is 0.0281. The van der Waals surface area contributed by atoms with E-state index in [1.54, 1.807) is 0 Å². The molecule has 1 aromatic carbocycles. The lowest BCUT2D eigenvalue weighted by atomic mass is 9.55. The van der Waals surface area contributed by atoms with Crippen LogP contribution in [0.15, 0.2) is 29.4 Å². The van der Waals surface area contributed by atoms with Gasteiger partial charge in [0.1, 0.15) is 0 Å². The minimum absolute atomic E-state index is 0.0281. The number of aryl methyl sites for hydroxylation is 1. The molecule has 4 saturated carbocycles. The number of para-hydroxylation sites is 1. The molecular weight excluding hydrogens is 312 g/mol. The van der Waals surface area contributed by atoms with E-state index in [0.717, 1.165) is 36.9 Å². The van der Waals surface area contributed by atoms with Crippen LogP contribution in [-0.4, -0.2) is 24.8 Å². The first-order chi connectivity index (χ1) is 12.3. The molecule has 4 fully saturated rings. The average molecular weight is 338 g/mol. The molecule has 0 N–H and O–H groups in total. The molecule has 132 valence electrons. The SMILES string of the molecule is O=C(CON=C1C2CC3CC(C2)CC1C3)N1CCCc2ccccc21. The monoisotopic (exact) mass is 338 g/mol. The van der Waals surface area contributed by atoms with Crippen molar-refractivity contribution < 1.29 is 9.63 Å². The van der Waals surface area contributed by atoms with Crippen LogP contribution in [0.5, 0.6) is 0 Å². The third-order valence-corrected chi connectivity index (χ3v) is 6.74. The van der Waals surface area contributed by atoms with Gasteiger partial charge in [0.2, 0.25) is 0 Å². The predicted octanol–water partition coefficient (Wildman–Crippen LogP) is 3.79. The van der Waals surface area contributed by atoms with E-state index in [-0.39, 0.29) is 12.5 Å². The van der Waals surface area contributed by atoms with Crippen LogP contribution in [0.1, 0.15) is 44.1 Å². The highest BCUT2D eigenvalue weighted by molar-refractivity contribution is 5.95. The molecule has 1 aliphatic heterocycles. The van der Waals surface area contributed by atoms with Crippen LogP contribution in [0, 0.1) is 23.7 Å². The standard InChI is InChI=1S/C21H26N2O2/c24-20(23-7-3-5-16-4-1-2-6-19(16)23)13-25-22-21-17-9-14-8-15(11-17)12-18(21)10-14/h1-2,4,6,14-15,17-18H,3,5,7-13H2. The van der Waals surface area contributed by atoms with Crippen molar-refractivity contribution in [1.29, 1.82) is 0 Å². The summed E-state index contributed by atoms with van der Waals surface area (Å²) in [5.74, 6) is 3.13. The summed E-state index contributed by atoms with van der Waals surface area (Å²) in [6.07, 6.45) is 8.68. The molecule has 4 heteroatoms. The summed E-state index contributed by atoms with van der Waals surface area (Å²) < 4.78 is 0. The Labute approximate surface area is 149 Å². The molecule has 1 amide bonds. The molecule has 4 aliphatic carbocycles. The lowest BCUT2D eigenvalue weighted by molar-refractivity contribution is -0.123. The summed E-state index contributed by atoms with van der Waals surface area (Å²) in [4.78, 5) is 20.1. The van der Waals surface area contributed by atoms with Crippen molar-refractivity contribution in [3.05, 3.63) is 29.8 Å². The molecule has 1 heterocycles. The van der Waals surface area contributed by atoms with Crippen molar-refractivity contribution in [3.63, 3.8) is 0 Å². The fraction of sp³-hybridized carbons (Fsp3) is 0.619. The third-order valence-electron chi connectivity index (χ3n) is 6.74. The van der Waals surface area contributed by atoms with Crippen molar-refractivity contribution >= 4 is 17.3 Å².